The first-order valence-corrected chi connectivity index (χ1v) is 10.5. The van der Waals surface area contributed by atoms with E-state index in [0.29, 0.717) is 15.8 Å². The topological polar surface area (TPSA) is 41.6 Å². The highest BCUT2D eigenvalue weighted by atomic mass is 35.5. The lowest BCUT2D eigenvalue weighted by molar-refractivity contribution is 0.664. The summed E-state index contributed by atoms with van der Waals surface area (Å²) >= 11 is 15.3. The van der Waals surface area contributed by atoms with Crippen molar-refractivity contribution < 1.29 is 0 Å². The zero-order valence-electron chi connectivity index (χ0n) is 13.6. The maximum absolute atomic E-state index is 9.33. The minimum absolute atomic E-state index is 0.0572. The normalized spacial score (nSPS) is 13.1. The number of halogens is 2. The van der Waals surface area contributed by atoms with Crippen molar-refractivity contribution in [2.24, 2.45) is 0 Å². The number of benzene rings is 2. The van der Waals surface area contributed by atoms with Gasteiger partial charge in [-0.2, -0.15) is 5.26 Å². The smallest absolute Gasteiger partial charge is 0.135 e. The highest BCUT2D eigenvalue weighted by Gasteiger charge is 2.26. The summed E-state index contributed by atoms with van der Waals surface area (Å²) in [5.74, 6) is 0.715. The fraction of sp³-hybridized carbons (Fsp3) is 0.158. The molecule has 0 spiro atoms. The summed E-state index contributed by atoms with van der Waals surface area (Å²) in [4.78, 5) is 4.14. The molecule has 0 amide bonds. The predicted octanol–water partition coefficient (Wildman–Crippen LogP) is 6.58. The van der Waals surface area contributed by atoms with Gasteiger partial charge in [0.1, 0.15) is 10.8 Å². The van der Waals surface area contributed by atoms with Crippen LogP contribution in [0, 0.1) is 10.7 Å². The van der Waals surface area contributed by atoms with Crippen LogP contribution in [0.4, 0.5) is 0 Å². The Morgan fingerprint density at radius 3 is 2.62 bits per heavy atom. The van der Waals surface area contributed by atoms with E-state index in [1.165, 1.54) is 11.8 Å². The Balaban J connectivity index is 1.89. The molecule has 3 rings (SSSR count). The molecule has 3 aromatic rings. The van der Waals surface area contributed by atoms with Crippen LogP contribution >= 0.6 is 46.7 Å². The molecule has 2 unspecified atom stereocenters. The first-order valence-electron chi connectivity index (χ1n) is 7.81. The Hall–Kier alpha value is -1.58. The van der Waals surface area contributed by atoms with E-state index in [1.807, 2.05) is 41.1 Å². The van der Waals surface area contributed by atoms with Gasteiger partial charge < -0.3 is 4.57 Å². The third-order valence-electron chi connectivity index (χ3n) is 3.81. The van der Waals surface area contributed by atoms with Gasteiger partial charge in [-0.15, -0.1) is 11.8 Å². The van der Waals surface area contributed by atoms with Crippen molar-refractivity contribution in [1.29, 1.82) is 5.26 Å². The minimum atomic E-state index is -0.0963. The maximum Gasteiger partial charge on any atom is 0.135 e. The maximum atomic E-state index is 9.33. The molecular weight excluding hydrogens is 405 g/mol. The van der Waals surface area contributed by atoms with Gasteiger partial charge >= 0.3 is 0 Å². The molecule has 0 bridgehead atoms. The van der Waals surface area contributed by atoms with E-state index in [4.69, 9.17) is 23.2 Å². The van der Waals surface area contributed by atoms with Crippen molar-refractivity contribution in [3.05, 3.63) is 88.4 Å². The van der Waals surface area contributed by atoms with E-state index in [1.54, 1.807) is 30.4 Å². The molecule has 0 aliphatic rings. The van der Waals surface area contributed by atoms with Gasteiger partial charge in [-0.3, -0.25) is 0 Å². The average molecular weight is 420 g/mol. The predicted molar refractivity (Wildman–Crippen MR) is 111 cm³/mol. The number of hydrogen-bond acceptors (Lipinski definition) is 4. The summed E-state index contributed by atoms with van der Waals surface area (Å²) in [5, 5.41) is 12.8. The minimum Gasteiger partial charge on any atom is -0.322 e. The van der Waals surface area contributed by atoms with Gasteiger partial charge in [-0.25, -0.2) is 4.98 Å². The molecular formula is C19H15Cl2N3S2. The number of nitrogens with zero attached hydrogens (tertiary/aromatic N) is 3. The fourth-order valence-corrected chi connectivity index (χ4v) is 5.41. The largest absolute Gasteiger partial charge is 0.322 e. The van der Waals surface area contributed by atoms with E-state index >= 15 is 0 Å². The van der Waals surface area contributed by atoms with Crippen LogP contribution in [-0.4, -0.2) is 9.55 Å². The van der Waals surface area contributed by atoms with E-state index < -0.39 is 0 Å². The summed E-state index contributed by atoms with van der Waals surface area (Å²) in [6.45, 7) is 0. The van der Waals surface area contributed by atoms with Crippen LogP contribution in [0.3, 0.4) is 0 Å². The SMILES string of the molecule is N#CSC(C(SCc1ccc(Cl)cc1Cl)c1ccccc1)n1ccnc1. The van der Waals surface area contributed by atoms with Crippen LogP contribution in [0.15, 0.2) is 67.3 Å². The highest BCUT2D eigenvalue weighted by molar-refractivity contribution is 8.05. The number of imidazole rings is 1. The van der Waals surface area contributed by atoms with Crippen LogP contribution in [0.1, 0.15) is 21.8 Å². The highest BCUT2D eigenvalue weighted by Crippen LogP contribution is 2.46. The van der Waals surface area contributed by atoms with Gasteiger partial charge in [0.2, 0.25) is 0 Å². The molecule has 0 N–H and O–H groups in total. The summed E-state index contributed by atoms with van der Waals surface area (Å²) in [5.41, 5.74) is 2.18. The third-order valence-corrected chi connectivity index (χ3v) is 6.80. The monoisotopic (exact) mass is 419 g/mol. The molecule has 3 nitrogen and oxygen atoms in total. The van der Waals surface area contributed by atoms with E-state index in [0.717, 1.165) is 11.1 Å². The van der Waals surface area contributed by atoms with Gasteiger partial charge in [-0.05, 0) is 35.0 Å². The summed E-state index contributed by atoms with van der Waals surface area (Å²) in [6, 6.07) is 15.7. The Morgan fingerprint density at radius 1 is 1.15 bits per heavy atom. The Morgan fingerprint density at radius 2 is 1.96 bits per heavy atom. The first-order chi connectivity index (χ1) is 12.7. The zero-order valence-corrected chi connectivity index (χ0v) is 16.8. The van der Waals surface area contributed by atoms with E-state index in [2.05, 4.69) is 22.5 Å². The van der Waals surface area contributed by atoms with Crippen LogP contribution in [-0.2, 0) is 5.75 Å². The molecule has 1 heterocycles. The molecule has 1 aromatic heterocycles. The molecule has 0 saturated carbocycles. The average Bonchev–Trinajstić information content (AvgIpc) is 3.18. The van der Waals surface area contributed by atoms with Crippen LogP contribution in [0.25, 0.3) is 0 Å². The summed E-state index contributed by atoms with van der Waals surface area (Å²) in [7, 11) is 0. The second-order valence-corrected chi connectivity index (χ2v) is 8.36. The molecule has 0 radical (unpaired) electrons. The van der Waals surface area contributed by atoms with Gasteiger partial charge in [0.25, 0.3) is 0 Å². The quantitative estimate of drug-likeness (QED) is 0.405. The molecule has 0 aliphatic carbocycles. The summed E-state index contributed by atoms with van der Waals surface area (Å²) < 4.78 is 1.97. The molecule has 2 aromatic carbocycles. The van der Waals surface area contributed by atoms with Crippen molar-refractivity contribution in [2.75, 3.05) is 0 Å². The van der Waals surface area contributed by atoms with Gasteiger partial charge in [0, 0.05) is 28.2 Å². The number of thioether (sulfide) groups is 2. The number of hydrogen-bond donors (Lipinski definition) is 0. The number of rotatable bonds is 7. The lowest BCUT2D eigenvalue weighted by atomic mass is 10.1. The number of thiocyanates is 1. The van der Waals surface area contributed by atoms with Crippen LogP contribution in [0.2, 0.25) is 10.0 Å². The zero-order chi connectivity index (χ0) is 18.4. The second kappa shape index (κ2) is 9.38. The lowest BCUT2D eigenvalue weighted by Crippen LogP contribution is -2.11. The molecule has 0 saturated heterocycles. The molecule has 2 atom stereocenters. The second-order valence-electron chi connectivity index (χ2n) is 5.49. The fourth-order valence-electron chi connectivity index (χ4n) is 2.56. The van der Waals surface area contributed by atoms with E-state index in [-0.39, 0.29) is 10.6 Å². The van der Waals surface area contributed by atoms with Crippen LogP contribution in [0.5, 0.6) is 0 Å². The first kappa shape index (κ1) is 19.2. The van der Waals surface area contributed by atoms with Crippen molar-refractivity contribution in [1.82, 2.24) is 9.55 Å². The Bertz CT molecular complexity index is 880. The summed E-state index contributed by atoms with van der Waals surface area (Å²) in [6.07, 6.45) is 5.37. The van der Waals surface area contributed by atoms with Crippen molar-refractivity contribution in [2.45, 2.75) is 16.4 Å². The van der Waals surface area contributed by atoms with Gasteiger partial charge in [0.15, 0.2) is 0 Å². The third kappa shape index (κ3) is 4.77. The van der Waals surface area contributed by atoms with Gasteiger partial charge in [-0.1, -0.05) is 59.6 Å². The van der Waals surface area contributed by atoms with Crippen molar-refractivity contribution >= 4 is 46.7 Å². The Labute approximate surface area is 171 Å². The lowest BCUT2D eigenvalue weighted by Gasteiger charge is -2.26. The number of nitriles is 1. The molecule has 7 heteroatoms. The van der Waals surface area contributed by atoms with Crippen molar-refractivity contribution in [3.8, 4) is 5.40 Å². The molecule has 26 heavy (non-hydrogen) atoms. The Kier molecular flexibility index (Phi) is 6.93. The molecule has 132 valence electrons. The van der Waals surface area contributed by atoms with Crippen LogP contribution < -0.4 is 0 Å². The van der Waals surface area contributed by atoms with Crippen molar-refractivity contribution in [3.63, 3.8) is 0 Å². The molecule has 0 fully saturated rings. The van der Waals surface area contributed by atoms with Gasteiger partial charge in [0.05, 0.1) is 11.6 Å². The standard InChI is InChI=1S/C19H15Cl2N3S2/c20-16-7-6-15(17(21)10-16)11-25-18(14-4-2-1-3-5-14)19(26-12-22)24-9-8-23-13-24/h1-10,13,18-19H,11H2. The number of aromatic nitrogens is 2. The van der Waals surface area contributed by atoms with E-state index in [9.17, 15) is 5.26 Å². The molecule has 0 aliphatic heterocycles.